The topological polar surface area (TPSA) is 21.3 Å². The highest BCUT2D eigenvalue weighted by molar-refractivity contribution is 5.40. The molecule has 0 amide bonds. The Hall–Kier alpha value is -1.02. The van der Waals surface area contributed by atoms with Gasteiger partial charge in [0.25, 0.3) is 0 Å². The van der Waals surface area contributed by atoms with Crippen molar-refractivity contribution >= 4 is 0 Å². The quantitative estimate of drug-likeness (QED) is 0.769. The van der Waals surface area contributed by atoms with E-state index in [-0.39, 0.29) is 0 Å². The number of aryl methyl sites for hydroxylation is 1. The SMILES string of the molecule is CCNCC(c1cc(C)ccc1OC)C1CCCCCC1. The Morgan fingerprint density at radius 2 is 1.90 bits per heavy atom. The van der Waals surface area contributed by atoms with Gasteiger partial charge in [0.1, 0.15) is 5.75 Å². The molecule has 2 nitrogen and oxygen atoms in total. The molecule has 2 rings (SSSR count). The van der Waals surface area contributed by atoms with Gasteiger partial charge in [0.15, 0.2) is 0 Å². The molecule has 0 spiro atoms. The van der Waals surface area contributed by atoms with E-state index in [4.69, 9.17) is 4.74 Å². The van der Waals surface area contributed by atoms with Crippen LogP contribution < -0.4 is 10.1 Å². The molecule has 0 bridgehead atoms. The maximum Gasteiger partial charge on any atom is 0.122 e. The van der Waals surface area contributed by atoms with Crippen LogP contribution in [-0.2, 0) is 0 Å². The first-order valence-electron chi connectivity index (χ1n) is 8.61. The third-order valence-corrected chi connectivity index (χ3v) is 4.87. The molecule has 0 aromatic heterocycles. The summed E-state index contributed by atoms with van der Waals surface area (Å²) in [5.74, 6) is 2.44. The number of nitrogens with one attached hydrogen (secondary N) is 1. The average Bonchev–Trinajstić information content (AvgIpc) is 2.77. The van der Waals surface area contributed by atoms with E-state index in [1.165, 1.54) is 49.7 Å². The fraction of sp³-hybridized carbons (Fsp3) is 0.684. The molecule has 21 heavy (non-hydrogen) atoms. The van der Waals surface area contributed by atoms with E-state index in [0.29, 0.717) is 5.92 Å². The molecule has 0 heterocycles. The molecule has 1 fully saturated rings. The number of methoxy groups -OCH3 is 1. The van der Waals surface area contributed by atoms with Crippen LogP contribution in [0.25, 0.3) is 0 Å². The van der Waals surface area contributed by atoms with Crippen LogP contribution in [0.2, 0.25) is 0 Å². The predicted octanol–water partition coefficient (Wildman–Crippen LogP) is 4.67. The van der Waals surface area contributed by atoms with E-state index >= 15 is 0 Å². The number of ether oxygens (including phenoxy) is 1. The Balaban J connectivity index is 2.27. The van der Waals surface area contributed by atoms with Gasteiger partial charge in [-0.25, -0.2) is 0 Å². The van der Waals surface area contributed by atoms with Crippen molar-refractivity contribution in [3.63, 3.8) is 0 Å². The standard InChI is InChI=1S/C19H31NO/c1-4-20-14-18(16-9-7-5-6-8-10-16)17-13-15(2)11-12-19(17)21-3/h11-13,16,18,20H,4-10,14H2,1-3H3. The Labute approximate surface area is 130 Å². The molecule has 1 aromatic carbocycles. The van der Waals surface area contributed by atoms with Gasteiger partial charge < -0.3 is 10.1 Å². The first-order valence-corrected chi connectivity index (χ1v) is 8.61. The molecular formula is C19H31NO. The molecule has 1 aliphatic carbocycles. The predicted molar refractivity (Wildman–Crippen MR) is 90.2 cm³/mol. The lowest BCUT2D eigenvalue weighted by molar-refractivity contribution is 0.344. The lowest BCUT2D eigenvalue weighted by atomic mass is 9.80. The second-order valence-corrected chi connectivity index (χ2v) is 6.41. The van der Waals surface area contributed by atoms with Gasteiger partial charge in [-0.05, 0) is 43.9 Å². The maximum absolute atomic E-state index is 5.66. The van der Waals surface area contributed by atoms with Gasteiger partial charge in [0, 0.05) is 12.5 Å². The minimum Gasteiger partial charge on any atom is -0.496 e. The molecule has 0 aliphatic heterocycles. The van der Waals surface area contributed by atoms with Gasteiger partial charge >= 0.3 is 0 Å². The van der Waals surface area contributed by atoms with E-state index in [2.05, 4.69) is 37.4 Å². The molecule has 0 radical (unpaired) electrons. The second-order valence-electron chi connectivity index (χ2n) is 6.41. The van der Waals surface area contributed by atoms with Crippen LogP contribution in [0.1, 0.15) is 62.5 Å². The molecule has 1 saturated carbocycles. The van der Waals surface area contributed by atoms with E-state index in [1.54, 1.807) is 7.11 Å². The third-order valence-electron chi connectivity index (χ3n) is 4.87. The number of likely N-dealkylation sites (N-methyl/N-ethyl adjacent to an activating group) is 1. The summed E-state index contributed by atoms with van der Waals surface area (Å²) in [4.78, 5) is 0. The molecule has 0 saturated heterocycles. The van der Waals surface area contributed by atoms with Crippen molar-refractivity contribution in [1.29, 1.82) is 0 Å². The maximum atomic E-state index is 5.66. The van der Waals surface area contributed by atoms with E-state index in [0.717, 1.165) is 24.8 Å². The molecule has 1 N–H and O–H groups in total. The molecule has 1 unspecified atom stereocenters. The minimum atomic E-state index is 0.581. The lowest BCUT2D eigenvalue weighted by Gasteiger charge is -2.28. The zero-order valence-electron chi connectivity index (χ0n) is 14.0. The van der Waals surface area contributed by atoms with Crippen LogP contribution in [0.4, 0.5) is 0 Å². The van der Waals surface area contributed by atoms with Crippen LogP contribution in [0, 0.1) is 12.8 Å². The van der Waals surface area contributed by atoms with Crippen LogP contribution in [-0.4, -0.2) is 20.2 Å². The van der Waals surface area contributed by atoms with E-state index in [9.17, 15) is 0 Å². The van der Waals surface area contributed by atoms with Gasteiger partial charge in [-0.1, -0.05) is 50.3 Å². The second kappa shape index (κ2) is 8.43. The summed E-state index contributed by atoms with van der Waals surface area (Å²) >= 11 is 0. The van der Waals surface area contributed by atoms with Crippen molar-refractivity contribution in [3.8, 4) is 5.75 Å². The molecular weight excluding hydrogens is 258 g/mol. The minimum absolute atomic E-state index is 0.581. The fourth-order valence-corrected chi connectivity index (χ4v) is 3.69. The van der Waals surface area contributed by atoms with Crippen molar-refractivity contribution in [2.75, 3.05) is 20.2 Å². The Bertz CT molecular complexity index is 422. The Morgan fingerprint density at radius 1 is 1.19 bits per heavy atom. The smallest absolute Gasteiger partial charge is 0.122 e. The molecule has 1 aliphatic rings. The number of hydrogen-bond acceptors (Lipinski definition) is 2. The van der Waals surface area contributed by atoms with Crippen molar-refractivity contribution in [3.05, 3.63) is 29.3 Å². The van der Waals surface area contributed by atoms with E-state index < -0.39 is 0 Å². The summed E-state index contributed by atoms with van der Waals surface area (Å²) in [6.45, 7) is 6.48. The highest BCUT2D eigenvalue weighted by Gasteiger charge is 2.26. The van der Waals surface area contributed by atoms with Gasteiger partial charge in [-0.15, -0.1) is 0 Å². The highest BCUT2D eigenvalue weighted by Crippen LogP contribution is 2.38. The summed E-state index contributed by atoms with van der Waals surface area (Å²) in [6, 6.07) is 6.63. The monoisotopic (exact) mass is 289 g/mol. The average molecular weight is 289 g/mol. The zero-order chi connectivity index (χ0) is 15.1. The first kappa shape index (κ1) is 16.4. The Morgan fingerprint density at radius 3 is 2.52 bits per heavy atom. The molecule has 118 valence electrons. The van der Waals surface area contributed by atoms with Crippen LogP contribution in [0.15, 0.2) is 18.2 Å². The first-order chi connectivity index (χ1) is 10.3. The van der Waals surface area contributed by atoms with Gasteiger partial charge in [-0.2, -0.15) is 0 Å². The summed E-state index contributed by atoms with van der Waals surface area (Å²) in [7, 11) is 1.80. The Kier molecular flexibility index (Phi) is 6.56. The van der Waals surface area contributed by atoms with Crippen molar-refractivity contribution in [2.24, 2.45) is 5.92 Å². The summed E-state index contributed by atoms with van der Waals surface area (Å²) < 4.78 is 5.66. The van der Waals surface area contributed by atoms with Gasteiger partial charge in [0.2, 0.25) is 0 Å². The lowest BCUT2D eigenvalue weighted by Crippen LogP contribution is -2.27. The molecule has 1 aromatic rings. The summed E-state index contributed by atoms with van der Waals surface area (Å²) in [6.07, 6.45) is 8.34. The normalized spacial score (nSPS) is 18.2. The van der Waals surface area contributed by atoms with Crippen molar-refractivity contribution in [2.45, 2.75) is 58.3 Å². The third kappa shape index (κ3) is 4.47. The van der Waals surface area contributed by atoms with Gasteiger partial charge in [-0.3, -0.25) is 0 Å². The highest BCUT2D eigenvalue weighted by atomic mass is 16.5. The van der Waals surface area contributed by atoms with E-state index in [1.807, 2.05) is 0 Å². The summed E-state index contributed by atoms with van der Waals surface area (Å²) in [5, 5.41) is 3.58. The van der Waals surface area contributed by atoms with Crippen LogP contribution in [0.5, 0.6) is 5.75 Å². The van der Waals surface area contributed by atoms with Crippen LogP contribution >= 0.6 is 0 Å². The molecule has 1 atom stereocenters. The number of benzene rings is 1. The fourth-order valence-electron chi connectivity index (χ4n) is 3.69. The van der Waals surface area contributed by atoms with Gasteiger partial charge in [0.05, 0.1) is 7.11 Å². The van der Waals surface area contributed by atoms with Crippen LogP contribution in [0.3, 0.4) is 0 Å². The number of rotatable bonds is 6. The van der Waals surface area contributed by atoms with Crippen molar-refractivity contribution in [1.82, 2.24) is 5.32 Å². The summed E-state index contributed by atoms with van der Waals surface area (Å²) in [5.41, 5.74) is 2.74. The number of hydrogen-bond donors (Lipinski definition) is 1. The molecule has 2 heteroatoms. The van der Waals surface area contributed by atoms with Crippen molar-refractivity contribution < 1.29 is 4.74 Å². The zero-order valence-corrected chi connectivity index (χ0v) is 14.0. The largest absolute Gasteiger partial charge is 0.496 e.